The van der Waals surface area contributed by atoms with Crippen molar-refractivity contribution in [1.82, 2.24) is 20.6 Å². The van der Waals surface area contributed by atoms with E-state index in [1.54, 1.807) is 16.8 Å². The van der Waals surface area contributed by atoms with Gasteiger partial charge in [0.15, 0.2) is 0 Å². The van der Waals surface area contributed by atoms with E-state index >= 15 is 0 Å². The maximum atomic E-state index is 12.6. The number of para-hydroxylation sites is 1. The normalized spacial score (nSPS) is 10.5. The molecule has 1 heterocycles. The molecule has 2 amide bonds. The second-order valence-electron chi connectivity index (χ2n) is 7.01. The zero-order valence-corrected chi connectivity index (χ0v) is 17.0. The molecule has 0 radical (unpaired) electrons. The first-order valence-electron chi connectivity index (χ1n) is 9.37. The Morgan fingerprint density at radius 1 is 0.931 bits per heavy atom. The molecule has 0 bridgehead atoms. The second kappa shape index (κ2) is 8.60. The van der Waals surface area contributed by atoms with Crippen molar-refractivity contribution in [3.8, 4) is 0 Å². The molecular formula is C22H25N5O2. The highest BCUT2D eigenvalue weighted by Gasteiger charge is 2.14. The topological polar surface area (TPSA) is 88.0 Å². The third-order valence-corrected chi connectivity index (χ3v) is 4.76. The van der Waals surface area contributed by atoms with Gasteiger partial charge in [-0.3, -0.25) is 25.1 Å². The third kappa shape index (κ3) is 4.82. The molecule has 0 spiro atoms. The van der Waals surface area contributed by atoms with E-state index in [1.807, 2.05) is 64.1 Å². The van der Waals surface area contributed by atoms with Crippen LogP contribution in [0, 0.1) is 27.7 Å². The number of rotatable bonds is 5. The van der Waals surface area contributed by atoms with Crippen LogP contribution < -0.4 is 16.2 Å². The molecule has 0 saturated heterocycles. The summed E-state index contributed by atoms with van der Waals surface area (Å²) in [5.74, 6) is -0.760. The minimum absolute atomic E-state index is 0.0301. The number of hydrazine groups is 1. The first-order chi connectivity index (χ1) is 13.8. The fourth-order valence-electron chi connectivity index (χ4n) is 3.03. The smallest absolute Gasteiger partial charge is 0.271 e. The monoisotopic (exact) mass is 391 g/mol. The van der Waals surface area contributed by atoms with Gasteiger partial charge in [0.1, 0.15) is 6.54 Å². The number of amides is 2. The molecule has 2 aromatic carbocycles. The van der Waals surface area contributed by atoms with Crippen LogP contribution in [0.15, 0.2) is 48.5 Å². The Kier molecular flexibility index (Phi) is 5.97. The molecule has 0 atom stereocenters. The lowest BCUT2D eigenvalue weighted by molar-refractivity contribution is -0.122. The van der Waals surface area contributed by atoms with Gasteiger partial charge < -0.3 is 5.32 Å². The van der Waals surface area contributed by atoms with Gasteiger partial charge >= 0.3 is 0 Å². The number of nitrogens with one attached hydrogen (secondary N) is 3. The van der Waals surface area contributed by atoms with E-state index in [4.69, 9.17) is 0 Å². The number of hydrogen-bond donors (Lipinski definition) is 3. The van der Waals surface area contributed by atoms with Gasteiger partial charge in [-0.25, -0.2) is 0 Å². The SMILES string of the molecule is Cc1cc(C)n(CC(=O)NNC(=O)c2ccccc2Nc2cccc(C)c2C)n1. The second-order valence-corrected chi connectivity index (χ2v) is 7.01. The number of carbonyl (C=O) groups is 2. The lowest BCUT2D eigenvalue weighted by Crippen LogP contribution is -2.43. The third-order valence-electron chi connectivity index (χ3n) is 4.76. The van der Waals surface area contributed by atoms with Crippen LogP contribution in [0.4, 0.5) is 11.4 Å². The summed E-state index contributed by atoms with van der Waals surface area (Å²) in [6, 6.07) is 15.0. The fraction of sp³-hybridized carbons (Fsp3) is 0.227. The molecule has 0 aliphatic heterocycles. The molecule has 3 aromatic rings. The highest BCUT2D eigenvalue weighted by Crippen LogP contribution is 2.25. The average Bonchev–Trinajstić information content (AvgIpc) is 3.00. The molecule has 7 nitrogen and oxygen atoms in total. The quantitative estimate of drug-likeness (QED) is 0.582. The van der Waals surface area contributed by atoms with Crippen LogP contribution in [0.5, 0.6) is 0 Å². The van der Waals surface area contributed by atoms with Crippen LogP contribution in [0.3, 0.4) is 0 Å². The minimum Gasteiger partial charge on any atom is -0.355 e. The van der Waals surface area contributed by atoms with Crippen LogP contribution in [-0.4, -0.2) is 21.6 Å². The van der Waals surface area contributed by atoms with Crippen molar-refractivity contribution >= 4 is 23.2 Å². The van der Waals surface area contributed by atoms with Gasteiger partial charge in [-0.1, -0.05) is 24.3 Å². The summed E-state index contributed by atoms with van der Waals surface area (Å²) in [6.45, 7) is 7.84. The number of aryl methyl sites for hydroxylation is 3. The van der Waals surface area contributed by atoms with Crippen LogP contribution in [0.1, 0.15) is 32.9 Å². The number of carbonyl (C=O) groups excluding carboxylic acids is 2. The van der Waals surface area contributed by atoms with Crippen LogP contribution >= 0.6 is 0 Å². The van der Waals surface area contributed by atoms with Gasteiger partial charge in [-0.05, 0) is 63.1 Å². The van der Waals surface area contributed by atoms with E-state index in [0.29, 0.717) is 11.3 Å². The highest BCUT2D eigenvalue weighted by molar-refractivity contribution is 6.01. The maximum Gasteiger partial charge on any atom is 0.271 e. The number of hydrogen-bond acceptors (Lipinski definition) is 4. The van der Waals surface area contributed by atoms with E-state index in [1.165, 1.54) is 0 Å². The molecule has 1 aromatic heterocycles. The number of aromatic nitrogens is 2. The molecule has 0 aliphatic carbocycles. The summed E-state index contributed by atoms with van der Waals surface area (Å²) in [6.07, 6.45) is 0. The van der Waals surface area contributed by atoms with Crippen molar-refractivity contribution in [3.63, 3.8) is 0 Å². The van der Waals surface area contributed by atoms with Gasteiger partial charge in [-0.15, -0.1) is 0 Å². The highest BCUT2D eigenvalue weighted by atomic mass is 16.2. The number of nitrogens with zero attached hydrogens (tertiary/aromatic N) is 2. The standard InChI is InChI=1S/C22H25N5O2/c1-14-8-7-11-19(17(14)4)23-20-10-6-5-9-18(20)22(29)25-24-21(28)13-27-16(3)12-15(2)26-27/h5-12,23H,13H2,1-4H3,(H,24,28)(H,25,29). The lowest BCUT2D eigenvalue weighted by Gasteiger charge is -2.15. The predicted molar refractivity (Wildman–Crippen MR) is 113 cm³/mol. The molecule has 150 valence electrons. The van der Waals surface area contributed by atoms with Crippen LogP contribution in [0.25, 0.3) is 0 Å². The summed E-state index contributed by atoms with van der Waals surface area (Å²) in [7, 11) is 0. The van der Waals surface area contributed by atoms with Crippen molar-refractivity contribution in [2.75, 3.05) is 5.32 Å². The zero-order chi connectivity index (χ0) is 21.0. The van der Waals surface area contributed by atoms with Gasteiger partial charge in [0, 0.05) is 11.4 Å². The van der Waals surface area contributed by atoms with E-state index < -0.39 is 5.91 Å². The molecule has 3 N–H and O–H groups in total. The molecule has 0 aliphatic rings. The summed E-state index contributed by atoms with van der Waals surface area (Å²) in [5.41, 5.74) is 10.9. The molecule has 29 heavy (non-hydrogen) atoms. The van der Waals surface area contributed by atoms with E-state index in [2.05, 4.69) is 21.3 Å². The molecule has 7 heteroatoms. The average molecular weight is 391 g/mol. The summed E-state index contributed by atoms with van der Waals surface area (Å²) in [4.78, 5) is 24.8. The Balaban J connectivity index is 1.67. The molecule has 0 fully saturated rings. The first kappa shape index (κ1) is 20.1. The van der Waals surface area contributed by atoms with Crippen LogP contribution in [0.2, 0.25) is 0 Å². The molecule has 0 unspecified atom stereocenters. The predicted octanol–water partition coefficient (Wildman–Crippen LogP) is 3.32. The fourth-order valence-corrected chi connectivity index (χ4v) is 3.03. The van der Waals surface area contributed by atoms with Gasteiger partial charge in [-0.2, -0.15) is 5.10 Å². The number of anilines is 2. The van der Waals surface area contributed by atoms with Gasteiger partial charge in [0.05, 0.1) is 16.9 Å². The van der Waals surface area contributed by atoms with Crippen LogP contribution in [-0.2, 0) is 11.3 Å². The molecular weight excluding hydrogens is 366 g/mol. The Morgan fingerprint density at radius 3 is 2.38 bits per heavy atom. The molecule has 0 saturated carbocycles. The van der Waals surface area contributed by atoms with Gasteiger partial charge in [0.25, 0.3) is 11.8 Å². The zero-order valence-electron chi connectivity index (χ0n) is 17.0. The Labute approximate surface area is 170 Å². The van der Waals surface area contributed by atoms with E-state index in [-0.39, 0.29) is 12.5 Å². The van der Waals surface area contributed by atoms with Crippen molar-refractivity contribution < 1.29 is 9.59 Å². The van der Waals surface area contributed by atoms with E-state index in [9.17, 15) is 9.59 Å². The van der Waals surface area contributed by atoms with Crippen molar-refractivity contribution in [2.24, 2.45) is 0 Å². The lowest BCUT2D eigenvalue weighted by atomic mass is 10.1. The largest absolute Gasteiger partial charge is 0.355 e. The number of benzene rings is 2. The van der Waals surface area contributed by atoms with Crippen molar-refractivity contribution in [1.29, 1.82) is 0 Å². The van der Waals surface area contributed by atoms with Crippen molar-refractivity contribution in [3.05, 3.63) is 76.6 Å². The summed E-state index contributed by atoms with van der Waals surface area (Å²) >= 11 is 0. The van der Waals surface area contributed by atoms with E-state index in [0.717, 1.165) is 28.2 Å². The first-order valence-corrected chi connectivity index (χ1v) is 9.37. The van der Waals surface area contributed by atoms with Crippen molar-refractivity contribution in [2.45, 2.75) is 34.2 Å². The Bertz CT molecular complexity index is 1060. The maximum absolute atomic E-state index is 12.6. The Hall–Kier alpha value is -3.61. The Morgan fingerprint density at radius 2 is 1.66 bits per heavy atom. The molecule has 3 rings (SSSR count). The minimum atomic E-state index is -0.403. The summed E-state index contributed by atoms with van der Waals surface area (Å²) < 4.78 is 1.59. The summed E-state index contributed by atoms with van der Waals surface area (Å²) in [5, 5.41) is 7.56. The van der Waals surface area contributed by atoms with Gasteiger partial charge in [0.2, 0.25) is 0 Å².